The molecule has 0 aliphatic heterocycles. The second-order valence-electron chi connectivity index (χ2n) is 4.29. The third kappa shape index (κ3) is 1.43. The Kier molecular flexibility index (Phi) is 2.72. The number of aryl methyl sites for hydroxylation is 1. The van der Waals surface area contributed by atoms with Crippen LogP contribution >= 0.6 is 0 Å². The monoisotopic (exact) mass is 220 g/mol. The molecule has 0 radical (unpaired) electrons. The van der Waals surface area contributed by atoms with E-state index in [0.717, 1.165) is 29.5 Å². The molecule has 0 saturated carbocycles. The largest absolute Gasteiger partial charge is 0.479 e. The number of carbonyl (C=O) groups is 1. The molecule has 1 aromatic rings. The van der Waals surface area contributed by atoms with E-state index in [1.807, 2.05) is 25.1 Å². The molecule has 1 N–H and O–H groups in total. The van der Waals surface area contributed by atoms with E-state index in [4.69, 9.17) is 4.74 Å². The quantitative estimate of drug-likeness (QED) is 0.831. The first-order chi connectivity index (χ1) is 7.62. The van der Waals surface area contributed by atoms with Crippen molar-refractivity contribution >= 4 is 5.97 Å². The van der Waals surface area contributed by atoms with Crippen molar-refractivity contribution in [3.05, 3.63) is 34.9 Å². The molecular formula is C13H16O3. The highest BCUT2D eigenvalue weighted by atomic mass is 16.5. The average Bonchev–Trinajstić information content (AvgIpc) is 2.28. The highest BCUT2D eigenvalue weighted by molar-refractivity contribution is 5.80. The summed E-state index contributed by atoms with van der Waals surface area (Å²) in [7, 11) is 1.48. The van der Waals surface area contributed by atoms with Gasteiger partial charge in [0.15, 0.2) is 5.60 Å². The Bertz CT molecular complexity index is 425. The number of benzene rings is 1. The van der Waals surface area contributed by atoms with Gasteiger partial charge in [0.1, 0.15) is 0 Å². The summed E-state index contributed by atoms with van der Waals surface area (Å²) in [5.41, 5.74) is 1.98. The SMILES string of the molecule is COC1(C(=O)O)CCCc2c(C)cccc21. The van der Waals surface area contributed by atoms with E-state index in [1.54, 1.807) is 0 Å². The minimum absolute atomic E-state index is 0.551. The first kappa shape index (κ1) is 11.1. The van der Waals surface area contributed by atoms with Gasteiger partial charge in [-0.15, -0.1) is 0 Å². The second kappa shape index (κ2) is 3.91. The van der Waals surface area contributed by atoms with Crippen LogP contribution in [-0.4, -0.2) is 18.2 Å². The van der Waals surface area contributed by atoms with Crippen LogP contribution in [0.5, 0.6) is 0 Å². The molecule has 0 amide bonds. The Labute approximate surface area is 95.0 Å². The molecule has 1 unspecified atom stereocenters. The van der Waals surface area contributed by atoms with Crippen molar-refractivity contribution in [3.8, 4) is 0 Å². The lowest BCUT2D eigenvalue weighted by molar-refractivity contribution is -0.165. The lowest BCUT2D eigenvalue weighted by Gasteiger charge is -2.34. The van der Waals surface area contributed by atoms with E-state index in [1.165, 1.54) is 7.11 Å². The molecule has 1 atom stereocenters. The van der Waals surface area contributed by atoms with Gasteiger partial charge < -0.3 is 9.84 Å². The molecule has 2 rings (SSSR count). The first-order valence-corrected chi connectivity index (χ1v) is 5.49. The zero-order chi connectivity index (χ0) is 11.8. The molecule has 16 heavy (non-hydrogen) atoms. The lowest BCUT2D eigenvalue weighted by atomic mass is 9.77. The van der Waals surface area contributed by atoms with Crippen LogP contribution < -0.4 is 0 Å². The molecule has 1 aliphatic rings. The Morgan fingerprint density at radius 1 is 1.50 bits per heavy atom. The first-order valence-electron chi connectivity index (χ1n) is 5.49. The van der Waals surface area contributed by atoms with E-state index in [0.29, 0.717) is 6.42 Å². The summed E-state index contributed by atoms with van der Waals surface area (Å²) in [6.45, 7) is 2.02. The van der Waals surface area contributed by atoms with Crippen molar-refractivity contribution < 1.29 is 14.6 Å². The van der Waals surface area contributed by atoms with E-state index in [2.05, 4.69) is 0 Å². The average molecular weight is 220 g/mol. The molecule has 0 aromatic heterocycles. The number of methoxy groups -OCH3 is 1. The van der Waals surface area contributed by atoms with Gasteiger partial charge in [-0.3, -0.25) is 0 Å². The summed E-state index contributed by atoms with van der Waals surface area (Å²) in [6, 6.07) is 5.79. The summed E-state index contributed by atoms with van der Waals surface area (Å²) in [5, 5.41) is 9.40. The van der Waals surface area contributed by atoms with Crippen molar-refractivity contribution in [2.75, 3.05) is 7.11 Å². The smallest absolute Gasteiger partial charge is 0.340 e. The number of rotatable bonds is 2. The normalized spacial score (nSPS) is 23.9. The summed E-state index contributed by atoms with van der Waals surface area (Å²) < 4.78 is 5.32. The maximum atomic E-state index is 11.5. The standard InChI is InChI=1S/C13H16O3/c1-9-5-3-7-11-10(9)6-4-8-13(11,16-2)12(14)15/h3,5,7H,4,6,8H2,1-2H3,(H,14,15). The van der Waals surface area contributed by atoms with Gasteiger partial charge in [-0.2, -0.15) is 0 Å². The fraction of sp³-hybridized carbons (Fsp3) is 0.462. The van der Waals surface area contributed by atoms with Gasteiger partial charge in [0.2, 0.25) is 0 Å². The van der Waals surface area contributed by atoms with Crippen molar-refractivity contribution in [1.82, 2.24) is 0 Å². The topological polar surface area (TPSA) is 46.5 Å². The summed E-state index contributed by atoms with van der Waals surface area (Å²) in [4.78, 5) is 11.5. The summed E-state index contributed by atoms with van der Waals surface area (Å²) in [6.07, 6.45) is 2.35. The molecule has 86 valence electrons. The summed E-state index contributed by atoms with van der Waals surface area (Å²) >= 11 is 0. The van der Waals surface area contributed by atoms with E-state index < -0.39 is 11.6 Å². The lowest BCUT2D eigenvalue weighted by Crippen LogP contribution is -2.41. The minimum Gasteiger partial charge on any atom is -0.479 e. The third-order valence-corrected chi connectivity index (χ3v) is 3.49. The Hall–Kier alpha value is -1.35. The van der Waals surface area contributed by atoms with Crippen molar-refractivity contribution in [1.29, 1.82) is 0 Å². The Balaban J connectivity index is 2.63. The Morgan fingerprint density at radius 2 is 2.25 bits per heavy atom. The molecule has 0 bridgehead atoms. The van der Waals surface area contributed by atoms with Crippen LogP contribution in [0.3, 0.4) is 0 Å². The van der Waals surface area contributed by atoms with Crippen molar-refractivity contribution in [2.45, 2.75) is 31.8 Å². The van der Waals surface area contributed by atoms with Crippen LogP contribution in [0.2, 0.25) is 0 Å². The van der Waals surface area contributed by atoms with E-state index in [9.17, 15) is 9.90 Å². The van der Waals surface area contributed by atoms with Crippen LogP contribution in [-0.2, 0) is 21.6 Å². The zero-order valence-electron chi connectivity index (χ0n) is 9.62. The number of fused-ring (bicyclic) bond motifs is 1. The molecule has 1 aromatic carbocycles. The van der Waals surface area contributed by atoms with E-state index >= 15 is 0 Å². The number of aliphatic carboxylic acids is 1. The fourth-order valence-electron chi connectivity index (χ4n) is 2.58. The van der Waals surface area contributed by atoms with Crippen LogP contribution in [0.1, 0.15) is 29.5 Å². The van der Waals surface area contributed by atoms with Gasteiger partial charge >= 0.3 is 5.97 Å². The van der Waals surface area contributed by atoms with Crippen molar-refractivity contribution in [2.24, 2.45) is 0 Å². The molecule has 3 nitrogen and oxygen atoms in total. The highest BCUT2D eigenvalue weighted by Gasteiger charge is 2.44. The molecule has 0 spiro atoms. The van der Waals surface area contributed by atoms with E-state index in [-0.39, 0.29) is 0 Å². The number of carboxylic acids is 1. The maximum Gasteiger partial charge on any atom is 0.340 e. The Morgan fingerprint density at radius 3 is 2.88 bits per heavy atom. The van der Waals surface area contributed by atoms with Crippen LogP contribution in [0.15, 0.2) is 18.2 Å². The number of hydrogen-bond acceptors (Lipinski definition) is 2. The van der Waals surface area contributed by atoms with Gasteiger partial charge in [0.05, 0.1) is 0 Å². The molecular weight excluding hydrogens is 204 g/mol. The van der Waals surface area contributed by atoms with Gasteiger partial charge in [-0.25, -0.2) is 4.79 Å². The van der Waals surface area contributed by atoms with Gasteiger partial charge in [-0.05, 0) is 42.9 Å². The maximum absolute atomic E-state index is 11.5. The van der Waals surface area contributed by atoms with Gasteiger partial charge in [0.25, 0.3) is 0 Å². The summed E-state index contributed by atoms with van der Waals surface area (Å²) in [5.74, 6) is -0.887. The van der Waals surface area contributed by atoms with Gasteiger partial charge in [-0.1, -0.05) is 18.2 Å². The molecule has 0 heterocycles. The fourth-order valence-corrected chi connectivity index (χ4v) is 2.58. The zero-order valence-corrected chi connectivity index (χ0v) is 9.62. The van der Waals surface area contributed by atoms with Crippen LogP contribution in [0.25, 0.3) is 0 Å². The number of hydrogen-bond donors (Lipinski definition) is 1. The minimum atomic E-state index is -1.14. The predicted molar refractivity (Wildman–Crippen MR) is 60.4 cm³/mol. The third-order valence-electron chi connectivity index (χ3n) is 3.49. The van der Waals surface area contributed by atoms with Gasteiger partial charge in [0, 0.05) is 7.11 Å². The molecule has 3 heteroatoms. The molecule has 1 aliphatic carbocycles. The van der Waals surface area contributed by atoms with Crippen LogP contribution in [0, 0.1) is 6.92 Å². The van der Waals surface area contributed by atoms with Crippen LogP contribution in [0.4, 0.5) is 0 Å². The van der Waals surface area contributed by atoms with Crippen molar-refractivity contribution in [3.63, 3.8) is 0 Å². The highest BCUT2D eigenvalue weighted by Crippen LogP contribution is 2.39. The molecule has 0 saturated heterocycles. The molecule has 0 fully saturated rings. The number of carboxylic acid groups (broad SMARTS) is 1. The number of ether oxygens (including phenoxy) is 1. The predicted octanol–water partition coefficient (Wildman–Crippen LogP) is 2.26. The second-order valence-corrected chi connectivity index (χ2v) is 4.29.